The highest BCUT2D eigenvalue weighted by atomic mass is 35.5. The first kappa shape index (κ1) is 21.4. The van der Waals surface area contributed by atoms with E-state index in [4.69, 9.17) is 16.3 Å². The van der Waals surface area contributed by atoms with E-state index in [0.717, 1.165) is 17.0 Å². The van der Waals surface area contributed by atoms with Crippen LogP contribution in [0.4, 0.5) is 5.69 Å². The number of hydrazone groups is 1. The largest absolute Gasteiger partial charge is 0.483 e. The number of rotatable bonds is 6. The molecule has 5 rings (SSSR count). The molecule has 2 fully saturated rings. The van der Waals surface area contributed by atoms with Crippen LogP contribution in [0.25, 0.3) is 0 Å². The number of imide groups is 1. The first-order chi connectivity index (χ1) is 15.9. The van der Waals surface area contributed by atoms with Gasteiger partial charge in [-0.3, -0.25) is 14.4 Å². The zero-order chi connectivity index (χ0) is 23.1. The second-order valence-electron chi connectivity index (χ2n) is 8.57. The number of hydrogen-bond donors (Lipinski definition) is 1. The fourth-order valence-electron chi connectivity index (χ4n) is 4.91. The standard InChI is InChI=1S/C25H22ClN3O4/c1-14-4-2-3-5-19(14)28-21(30)13-33-20-9-8-18(26)11-17(20)12-27-29-24(31)22-15-6-7-16(10-15)23(22)25(29)32/h2-9,11-12,15-16,22-23H,10,13H2,1H3,(H,28,30)/t15-,16-,22-,23+/m0/s1. The lowest BCUT2D eigenvalue weighted by molar-refractivity contribution is -0.140. The number of aryl methyl sites for hydroxylation is 1. The van der Waals surface area contributed by atoms with Gasteiger partial charge in [0, 0.05) is 16.3 Å². The van der Waals surface area contributed by atoms with Crippen LogP contribution in [0.5, 0.6) is 5.75 Å². The molecule has 1 aliphatic heterocycles. The molecule has 4 atom stereocenters. The van der Waals surface area contributed by atoms with Crippen molar-refractivity contribution in [3.63, 3.8) is 0 Å². The van der Waals surface area contributed by atoms with E-state index >= 15 is 0 Å². The molecule has 0 aromatic heterocycles. The van der Waals surface area contributed by atoms with Crippen LogP contribution >= 0.6 is 11.6 Å². The predicted molar refractivity (Wildman–Crippen MR) is 124 cm³/mol. The highest BCUT2D eigenvalue weighted by Crippen LogP contribution is 2.52. The van der Waals surface area contributed by atoms with E-state index in [1.807, 2.05) is 43.3 Å². The van der Waals surface area contributed by atoms with E-state index < -0.39 is 0 Å². The third-order valence-corrected chi connectivity index (χ3v) is 6.74. The quantitative estimate of drug-likeness (QED) is 0.401. The molecule has 2 aliphatic carbocycles. The Morgan fingerprint density at radius 2 is 1.85 bits per heavy atom. The number of ether oxygens (including phenoxy) is 1. The number of nitrogens with one attached hydrogen (secondary N) is 1. The van der Waals surface area contributed by atoms with Crippen LogP contribution in [-0.2, 0) is 14.4 Å². The number of carbonyl (C=O) groups is 3. The molecule has 3 amide bonds. The van der Waals surface area contributed by atoms with E-state index in [0.29, 0.717) is 22.0 Å². The Kier molecular flexibility index (Phi) is 5.50. The van der Waals surface area contributed by atoms with Gasteiger partial charge in [0.2, 0.25) is 0 Å². The van der Waals surface area contributed by atoms with Gasteiger partial charge in [-0.15, -0.1) is 0 Å². The number of para-hydroxylation sites is 1. The number of carbonyl (C=O) groups excluding carboxylic acids is 3. The third kappa shape index (κ3) is 3.93. The van der Waals surface area contributed by atoms with Gasteiger partial charge in [0.25, 0.3) is 17.7 Å². The zero-order valence-corrected chi connectivity index (χ0v) is 18.7. The number of amides is 3. The average molecular weight is 464 g/mol. The van der Waals surface area contributed by atoms with Gasteiger partial charge in [-0.2, -0.15) is 10.1 Å². The van der Waals surface area contributed by atoms with E-state index in [2.05, 4.69) is 10.4 Å². The maximum atomic E-state index is 12.8. The number of allylic oxidation sites excluding steroid dienone is 2. The molecule has 0 unspecified atom stereocenters. The van der Waals surface area contributed by atoms with Crippen molar-refractivity contribution in [3.8, 4) is 5.75 Å². The van der Waals surface area contributed by atoms with E-state index in [-0.39, 0.29) is 48.0 Å². The summed E-state index contributed by atoms with van der Waals surface area (Å²) in [5.74, 6) is -0.871. The normalized spacial score (nSPS) is 25.2. The first-order valence-electron chi connectivity index (χ1n) is 10.8. The van der Waals surface area contributed by atoms with Crippen LogP contribution in [0.15, 0.2) is 59.7 Å². The molecule has 0 spiro atoms. The van der Waals surface area contributed by atoms with Gasteiger partial charge < -0.3 is 10.1 Å². The summed E-state index contributed by atoms with van der Waals surface area (Å²) >= 11 is 6.13. The summed E-state index contributed by atoms with van der Waals surface area (Å²) in [4.78, 5) is 38.0. The van der Waals surface area contributed by atoms with Gasteiger partial charge >= 0.3 is 0 Å². The molecule has 7 nitrogen and oxygen atoms in total. The molecule has 2 bridgehead atoms. The number of nitrogens with zero attached hydrogens (tertiary/aromatic N) is 2. The number of hydrogen-bond acceptors (Lipinski definition) is 5. The molecule has 1 saturated carbocycles. The number of benzene rings is 2. The van der Waals surface area contributed by atoms with Crippen molar-refractivity contribution in [3.05, 3.63) is 70.8 Å². The molecule has 1 saturated heterocycles. The Bertz CT molecular complexity index is 1180. The van der Waals surface area contributed by atoms with Gasteiger partial charge in [0.1, 0.15) is 5.75 Å². The van der Waals surface area contributed by atoms with Gasteiger partial charge in [0.15, 0.2) is 6.61 Å². The van der Waals surface area contributed by atoms with Crippen LogP contribution < -0.4 is 10.1 Å². The molecule has 168 valence electrons. The molecular formula is C25H22ClN3O4. The van der Waals surface area contributed by atoms with Crippen molar-refractivity contribution in [1.82, 2.24) is 5.01 Å². The Balaban J connectivity index is 1.29. The summed E-state index contributed by atoms with van der Waals surface area (Å²) in [6.45, 7) is 1.68. The summed E-state index contributed by atoms with van der Waals surface area (Å²) in [5, 5.41) is 8.40. The lowest BCUT2D eigenvalue weighted by Gasteiger charge is -2.13. The minimum atomic E-state index is -0.317. The van der Waals surface area contributed by atoms with Gasteiger partial charge in [0.05, 0.1) is 18.1 Å². The van der Waals surface area contributed by atoms with Crippen LogP contribution in [0, 0.1) is 30.6 Å². The smallest absolute Gasteiger partial charge is 0.262 e. The molecule has 8 heteroatoms. The van der Waals surface area contributed by atoms with Crippen molar-refractivity contribution in [1.29, 1.82) is 0 Å². The predicted octanol–water partition coefficient (Wildman–Crippen LogP) is 3.81. The van der Waals surface area contributed by atoms with E-state index in [1.54, 1.807) is 18.2 Å². The van der Waals surface area contributed by atoms with Gasteiger partial charge in [-0.25, -0.2) is 0 Å². The molecule has 1 heterocycles. The Morgan fingerprint density at radius 1 is 1.15 bits per heavy atom. The monoisotopic (exact) mass is 463 g/mol. The van der Waals surface area contributed by atoms with Crippen LogP contribution in [0.1, 0.15) is 17.5 Å². The van der Waals surface area contributed by atoms with E-state index in [9.17, 15) is 14.4 Å². The highest BCUT2D eigenvalue weighted by molar-refractivity contribution is 6.31. The molecule has 2 aromatic rings. The summed E-state index contributed by atoms with van der Waals surface area (Å²) in [6.07, 6.45) is 6.32. The minimum absolute atomic E-state index is 0.119. The summed E-state index contributed by atoms with van der Waals surface area (Å²) in [7, 11) is 0. The summed E-state index contributed by atoms with van der Waals surface area (Å²) in [5.41, 5.74) is 2.12. The number of halogens is 1. The summed E-state index contributed by atoms with van der Waals surface area (Å²) in [6, 6.07) is 12.3. The Labute approximate surface area is 196 Å². The van der Waals surface area contributed by atoms with Crippen LogP contribution in [0.3, 0.4) is 0 Å². The zero-order valence-electron chi connectivity index (χ0n) is 17.9. The number of anilines is 1. The molecule has 3 aliphatic rings. The molecule has 33 heavy (non-hydrogen) atoms. The Morgan fingerprint density at radius 3 is 2.55 bits per heavy atom. The van der Waals surface area contributed by atoms with E-state index in [1.165, 1.54) is 6.21 Å². The van der Waals surface area contributed by atoms with Crippen molar-refractivity contribution in [2.24, 2.45) is 28.8 Å². The molecule has 0 radical (unpaired) electrons. The minimum Gasteiger partial charge on any atom is -0.483 e. The third-order valence-electron chi connectivity index (χ3n) is 6.51. The number of fused-ring (bicyclic) bond motifs is 5. The molecular weight excluding hydrogens is 442 g/mol. The maximum absolute atomic E-state index is 12.8. The molecule has 1 N–H and O–H groups in total. The maximum Gasteiger partial charge on any atom is 0.262 e. The topological polar surface area (TPSA) is 88.1 Å². The van der Waals surface area contributed by atoms with Gasteiger partial charge in [-0.05, 0) is 55.0 Å². The van der Waals surface area contributed by atoms with Crippen molar-refractivity contribution in [2.45, 2.75) is 13.3 Å². The summed E-state index contributed by atoms with van der Waals surface area (Å²) < 4.78 is 5.69. The van der Waals surface area contributed by atoms with Crippen molar-refractivity contribution < 1.29 is 19.1 Å². The Hall–Kier alpha value is -3.45. The lowest BCUT2D eigenvalue weighted by Crippen LogP contribution is -2.28. The first-order valence-corrected chi connectivity index (χ1v) is 11.2. The molecule has 2 aromatic carbocycles. The fourth-order valence-corrected chi connectivity index (χ4v) is 5.10. The van der Waals surface area contributed by atoms with Crippen molar-refractivity contribution >= 4 is 41.2 Å². The van der Waals surface area contributed by atoms with Crippen LogP contribution in [0.2, 0.25) is 5.02 Å². The second-order valence-corrected chi connectivity index (χ2v) is 9.00. The SMILES string of the molecule is Cc1ccccc1NC(=O)COc1ccc(Cl)cc1C=NN1C(=O)[C@@H]2[C@H](C1=O)[C@H]1C=C[C@H]2C1. The van der Waals surface area contributed by atoms with Crippen LogP contribution in [-0.4, -0.2) is 35.6 Å². The van der Waals surface area contributed by atoms with Crippen molar-refractivity contribution in [2.75, 3.05) is 11.9 Å². The fraction of sp³-hybridized carbons (Fsp3) is 0.280. The average Bonchev–Trinajstić information content (AvgIpc) is 3.47. The van der Waals surface area contributed by atoms with Gasteiger partial charge in [-0.1, -0.05) is 42.0 Å². The second kappa shape index (κ2) is 8.48. The highest BCUT2D eigenvalue weighted by Gasteiger charge is 2.59. The lowest BCUT2D eigenvalue weighted by atomic mass is 9.85.